The normalized spacial score (nSPS) is 13.3. The molecule has 0 fully saturated rings. The highest BCUT2D eigenvalue weighted by atomic mass is 32.2. The molecule has 0 bridgehead atoms. The molecule has 0 aliphatic rings. The zero-order chi connectivity index (χ0) is 34.1. The van der Waals surface area contributed by atoms with Crippen molar-refractivity contribution < 1.29 is 13.5 Å². The summed E-state index contributed by atoms with van der Waals surface area (Å²) in [4.78, 5) is 13.7. The maximum absolute atomic E-state index is 14.1. The molecular formula is C36H57N5O4S. The van der Waals surface area contributed by atoms with E-state index in [4.69, 9.17) is 0 Å². The van der Waals surface area contributed by atoms with Gasteiger partial charge in [-0.05, 0) is 68.2 Å². The van der Waals surface area contributed by atoms with Gasteiger partial charge in [-0.25, -0.2) is 8.42 Å². The van der Waals surface area contributed by atoms with Crippen molar-refractivity contribution in [1.29, 1.82) is 5.26 Å². The van der Waals surface area contributed by atoms with Crippen LogP contribution in [-0.4, -0.2) is 35.5 Å². The van der Waals surface area contributed by atoms with Gasteiger partial charge < -0.3 is 5.11 Å². The lowest BCUT2D eigenvalue weighted by Gasteiger charge is -2.30. The molecule has 256 valence electrons. The average molecular weight is 656 g/mol. The van der Waals surface area contributed by atoms with Crippen LogP contribution in [0.25, 0.3) is 0 Å². The highest BCUT2D eigenvalue weighted by Gasteiger charge is 2.29. The highest BCUT2D eigenvalue weighted by molar-refractivity contribution is 7.89. The molecular weight excluding hydrogens is 598 g/mol. The van der Waals surface area contributed by atoms with Crippen LogP contribution in [0.4, 0.5) is 11.4 Å². The van der Waals surface area contributed by atoms with Crippen LogP contribution in [0.2, 0.25) is 0 Å². The summed E-state index contributed by atoms with van der Waals surface area (Å²) in [7, 11) is -3.75. The lowest BCUT2D eigenvalue weighted by Crippen LogP contribution is -2.39. The first-order valence-electron chi connectivity index (χ1n) is 17.5. The summed E-state index contributed by atoms with van der Waals surface area (Å²) in [5.41, 5.74) is 0.379. The minimum absolute atomic E-state index is 0.0390. The van der Waals surface area contributed by atoms with Crippen LogP contribution in [-0.2, 0) is 23.0 Å². The number of hydrogen-bond acceptors (Lipinski definition) is 7. The summed E-state index contributed by atoms with van der Waals surface area (Å²) in [5, 5.41) is 29.2. The largest absolute Gasteiger partial charge is 0.493 e. The quantitative estimate of drug-likeness (QED) is 0.126. The maximum atomic E-state index is 14.1. The van der Waals surface area contributed by atoms with Crippen LogP contribution in [0.1, 0.15) is 130 Å². The minimum atomic E-state index is -3.75. The van der Waals surface area contributed by atoms with E-state index in [1.807, 2.05) is 13.8 Å². The van der Waals surface area contributed by atoms with Crippen molar-refractivity contribution in [3.63, 3.8) is 0 Å². The summed E-state index contributed by atoms with van der Waals surface area (Å²) < 4.78 is 31.0. The fourth-order valence-corrected chi connectivity index (χ4v) is 7.30. The smallest absolute Gasteiger partial charge is 0.281 e. The Balaban J connectivity index is 2.49. The molecule has 0 amide bonds. The number of benzene rings is 1. The number of pyridine rings is 1. The van der Waals surface area contributed by atoms with Crippen molar-refractivity contribution in [2.24, 2.45) is 22.1 Å². The number of azo groups is 1. The van der Waals surface area contributed by atoms with Gasteiger partial charge in [0.25, 0.3) is 5.56 Å². The second kappa shape index (κ2) is 20.3. The van der Waals surface area contributed by atoms with Gasteiger partial charge in [0, 0.05) is 25.2 Å². The zero-order valence-corrected chi connectivity index (χ0v) is 29.9. The van der Waals surface area contributed by atoms with E-state index in [0.29, 0.717) is 55.4 Å². The standard InChI is InChI=1S/C36H57N5O4S/c1-7-13-17-28(11-5)26-40(27-29(12-6)18-14-8-2)46(44,45)31-22-20-30(21-23-31)38-39-34-32(19-15-9-3)33(25-37)35(42)41(36(34)43)24-16-10-4/h20-23,28-29,42H,7-19,24,26-27H2,1-6H3. The summed E-state index contributed by atoms with van der Waals surface area (Å²) in [5.74, 6) is 0.280. The van der Waals surface area contributed by atoms with Gasteiger partial charge in [0.2, 0.25) is 15.9 Å². The fourth-order valence-electron chi connectivity index (χ4n) is 5.71. The molecule has 2 atom stereocenters. The second-order valence-electron chi connectivity index (χ2n) is 12.4. The van der Waals surface area contributed by atoms with Gasteiger partial charge in [0.05, 0.1) is 10.6 Å². The molecule has 0 spiro atoms. The third kappa shape index (κ3) is 10.8. The van der Waals surface area contributed by atoms with Crippen LogP contribution in [0, 0.1) is 23.2 Å². The van der Waals surface area contributed by atoms with Gasteiger partial charge in [-0.1, -0.05) is 92.9 Å². The average Bonchev–Trinajstić information content (AvgIpc) is 3.06. The number of sulfonamides is 1. The Morgan fingerprint density at radius 1 is 0.848 bits per heavy atom. The molecule has 46 heavy (non-hydrogen) atoms. The number of nitrogens with zero attached hydrogens (tertiary/aromatic N) is 5. The maximum Gasteiger partial charge on any atom is 0.281 e. The van der Waals surface area contributed by atoms with Gasteiger partial charge in [-0.3, -0.25) is 9.36 Å². The van der Waals surface area contributed by atoms with Crippen molar-refractivity contribution in [3.05, 3.63) is 45.7 Å². The van der Waals surface area contributed by atoms with E-state index in [1.165, 1.54) is 4.57 Å². The first-order valence-corrected chi connectivity index (χ1v) is 19.0. The van der Waals surface area contributed by atoms with E-state index in [-0.39, 0.29) is 28.6 Å². The van der Waals surface area contributed by atoms with E-state index in [9.17, 15) is 23.6 Å². The van der Waals surface area contributed by atoms with E-state index in [2.05, 4.69) is 44.0 Å². The minimum Gasteiger partial charge on any atom is -0.493 e. The highest BCUT2D eigenvalue weighted by Crippen LogP contribution is 2.31. The molecule has 1 N–H and O–H groups in total. The van der Waals surface area contributed by atoms with E-state index in [0.717, 1.165) is 64.2 Å². The van der Waals surface area contributed by atoms with Crippen molar-refractivity contribution in [2.45, 2.75) is 136 Å². The van der Waals surface area contributed by atoms with Gasteiger partial charge in [-0.15, -0.1) is 5.11 Å². The number of aromatic nitrogens is 1. The topological polar surface area (TPSA) is 128 Å². The van der Waals surface area contributed by atoms with E-state index in [1.54, 1.807) is 28.6 Å². The van der Waals surface area contributed by atoms with Gasteiger partial charge >= 0.3 is 0 Å². The molecule has 2 unspecified atom stereocenters. The molecule has 0 aliphatic carbocycles. The van der Waals surface area contributed by atoms with Crippen molar-refractivity contribution >= 4 is 21.4 Å². The molecule has 2 rings (SSSR count). The molecule has 1 aromatic heterocycles. The molecule has 9 nitrogen and oxygen atoms in total. The zero-order valence-electron chi connectivity index (χ0n) is 29.1. The molecule has 0 radical (unpaired) electrons. The summed E-state index contributed by atoms with van der Waals surface area (Å²) in [6, 6.07) is 8.39. The van der Waals surface area contributed by atoms with E-state index >= 15 is 0 Å². The summed E-state index contributed by atoms with van der Waals surface area (Å²) in [6.45, 7) is 13.9. The van der Waals surface area contributed by atoms with Crippen molar-refractivity contribution in [1.82, 2.24) is 8.87 Å². The van der Waals surface area contributed by atoms with Crippen LogP contribution >= 0.6 is 0 Å². The molecule has 0 saturated heterocycles. The summed E-state index contributed by atoms with van der Waals surface area (Å²) >= 11 is 0. The third-order valence-electron chi connectivity index (χ3n) is 8.89. The monoisotopic (exact) mass is 655 g/mol. The Morgan fingerprint density at radius 2 is 1.39 bits per heavy atom. The Kier molecular flexibility index (Phi) is 17.2. The number of nitriles is 1. The van der Waals surface area contributed by atoms with Crippen LogP contribution < -0.4 is 5.56 Å². The Labute approximate surface area is 277 Å². The Morgan fingerprint density at radius 3 is 1.87 bits per heavy atom. The van der Waals surface area contributed by atoms with Crippen molar-refractivity contribution in [2.75, 3.05) is 13.1 Å². The SMILES string of the molecule is CCCCc1c(C#N)c(O)n(CCCC)c(=O)c1N=Nc1ccc(S(=O)(=O)N(CC(CC)CCCC)CC(CC)CCCC)cc1. The van der Waals surface area contributed by atoms with Gasteiger partial charge in [-0.2, -0.15) is 14.7 Å². The molecule has 2 aromatic rings. The molecule has 0 saturated carbocycles. The van der Waals surface area contributed by atoms with Crippen LogP contribution in [0.15, 0.2) is 44.2 Å². The van der Waals surface area contributed by atoms with Gasteiger partial charge in [0.15, 0.2) is 5.69 Å². The second-order valence-corrected chi connectivity index (χ2v) is 14.3. The molecule has 1 aromatic carbocycles. The first-order chi connectivity index (χ1) is 22.1. The Bertz CT molecular complexity index is 1430. The lowest BCUT2D eigenvalue weighted by molar-refractivity contribution is 0.270. The first kappa shape index (κ1) is 39.1. The molecule has 0 aliphatic heterocycles. The predicted molar refractivity (Wildman–Crippen MR) is 187 cm³/mol. The number of hydrogen-bond donors (Lipinski definition) is 1. The number of unbranched alkanes of at least 4 members (excludes halogenated alkanes) is 4. The molecule has 1 heterocycles. The third-order valence-corrected chi connectivity index (χ3v) is 10.7. The van der Waals surface area contributed by atoms with Crippen LogP contribution in [0.5, 0.6) is 5.88 Å². The number of rotatable bonds is 22. The van der Waals surface area contributed by atoms with Crippen molar-refractivity contribution in [3.8, 4) is 11.9 Å². The van der Waals surface area contributed by atoms with Crippen LogP contribution in [0.3, 0.4) is 0 Å². The molecule has 10 heteroatoms. The lowest BCUT2D eigenvalue weighted by atomic mass is 9.97. The van der Waals surface area contributed by atoms with E-state index < -0.39 is 15.6 Å². The van der Waals surface area contributed by atoms with Gasteiger partial charge in [0.1, 0.15) is 11.6 Å². The number of aromatic hydroxyl groups is 1. The summed E-state index contributed by atoms with van der Waals surface area (Å²) in [6.07, 6.45) is 11.6. The Hall–Kier alpha value is -3.03. The predicted octanol–water partition coefficient (Wildman–Crippen LogP) is 9.41. The fraction of sp³-hybridized carbons (Fsp3) is 0.667.